The molecule has 2 aliphatic heterocycles. The summed E-state index contributed by atoms with van der Waals surface area (Å²) in [6.07, 6.45) is 1.78. The van der Waals surface area contributed by atoms with Gasteiger partial charge >= 0.3 is 0 Å². The molecular formula is C19H15N5O3S2. The van der Waals surface area contributed by atoms with Crippen LogP contribution < -0.4 is 10.2 Å². The van der Waals surface area contributed by atoms with Gasteiger partial charge in [0.25, 0.3) is 15.9 Å². The lowest BCUT2D eigenvalue weighted by Crippen LogP contribution is -2.35. The Morgan fingerprint density at radius 3 is 2.76 bits per heavy atom. The SMILES string of the molecule is O=C(Nc1ccn(-c2ccccc2)n1)c1ccc2c(c1)SC1=NS(=O)(=O)CCN12. The topological polar surface area (TPSA) is 96.7 Å². The number of rotatable bonds is 3. The number of carbonyl (C=O) groups is 1. The summed E-state index contributed by atoms with van der Waals surface area (Å²) in [7, 11) is -3.41. The Balaban J connectivity index is 1.36. The average molecular weight is 425 g/mol. The molecule has 0 fully saturated rings. The fraction of sp³-hybridized carbons (Fsp3) is 0.105. The molecule has 1 amide bonds. The Kier molecular flexibility index (Phi) is 4.18. The van der Waals surface area contributed by atoms with Crippen molar-refractivity contribution in [3.63, 3.8) is 0 Å². The maximum Gasteiger partial charge on any atom is 0.257 e. The van der Waals surface area contributed by atoms with Crippen LogP contribution in [0.3, 0.4) is 0 Å². The molecule has 3 heterocycles. The number of aromatic nitrogens is 2. The number of thioether (sulfide) groups is 1. The molecule has 5 rings (SSSR count). The van der Waals surface area contributed by atoms with Crippen molar-refractivity contribution < 1.29 is 13.2 Å². The van der Waals surface area contributed by atoms with Crippen molar-refractivity contribution in [2.45, 2.75) is 4.90 Å². The minimum absolute atomic E-state index is 0.0111. The molecule has 8 nitrogen and oxygen atoms in total. The molecule has 2 aromatic carbocycles. The molecule has 0 aliphatic carbocycles. The fourth-order valence-electron chi connectivity index (χ4n) is 3.18. The van der Waals surface area contributed by atoms with Gasteiger partial charge in [-0.15, -0.1) is 4.40 Å². The number of sulfonamides is 1. The molecule has 0 spiro atoms. The van der Waals surface area contributed by atoms with Crippen molar-refractivity contribution >= 4 is 44.4 Å². The quantitative estimate of drug-likeness (QED) is 0.693. The maximum atomic E-state index is 12.7. The lowest BCUT2D eigenvalue weighted by molar-refractivity contribution is 0.102. The van der Waals surface area contributed by atoms with Crippen LogP contribution in [0.2, 0.25) is 0 Å². The Hall–Kier alpha value is -3.11. The third-order valence-electron chi connectivity index (χ3n) is 4.59. The molecule has 1 N–H and O–H groups in total. The summed E-state index contributed by atoms with van der Waals surface area (Å²) in [5, 5.41) is 7.61. The van der Waals surface area contributed by atoms with Crippen molar-refractivity contribution in [1.29, 1.82) is 0 Å². The van der Waals surface area contributed by atoms with Gasteiger partial charge < -0.3 is 10.2 Å². The van der Waals surface area contributed by atoms with E-state index in [4.69, 9.17) is 0 Å². The van der Waals surface area contributed by atoms with Gasteiger partial charge in [0.05, 0.1) is 17.1 Å². The van der Waals surface area contributed by atoms with Crippen molar-refractivity contribution in [1.82, 2.24) is 9.78 Å². The summed E-state index contributed by atoms with van der Waals surface area (Å²) < 4.78 is 29.0. The standard InChI is InChI=1S/C19H15N5O3S2/c25-18(20-17-8-9-24(21-17)14-4-2-1-3-5-14)13-6-7-15-16(12-13)28-19-22-29(26,27)11-10-23(15)19/h1-9,12H,10-11H2,(H,20,21,25). The van der Waals surface area contributed by atoms with E-state index in [1.807, 2.05) is 41.3 Å². The molecule has 0 saturated heterocycles. The molecule has 0 unspecified atom stereocenters. The van der Waals surface area contributed by atoms with E-state index in [-0.39, 0.29) is 11.7 Å². The minimum Gasteiger partial charge on any atom is -0.318 e. The van der Waals surface area contributed by atoms with Crippen LogP contribution in [0.5, 0.6) is 0 Å². The van der Waals surface area contributed by atoms with Crippen LogP contribution in [0.25, 0.3) is 5.69 Å². The average Bonchev–Trinajstić information content (AvgIpc) is 3.31. The van der Waals surface area contributed by atoms with E-state index in [1.54, 1.807) is 29.1 Å². The highest BCUT2D eigenvalue weighted by molar-refractivity contribution is 8.15. The molecule has 0 atom stereocenters. The zero-order chi connectivity index (χ0) is 20.0. The zero-order valence-corrected chi connectivity index (χ0v) is 16.7. The highest BCUT2D eigenvalue weighted by atomic mass is 32.2. The number of hydrogen-bond acceptors (Lipinski definition) is 6. The first-order valence-electron chi connectivity index (χ1n) is 8.83. The van der Waals surface area contributed by atoms with E-state index < -0.39 is 10.0 Å². The lowest BCUT2D eigenvalue weighted by atomic mass is 10.2. The molecule has 29 heavy (non-hydrogen) atoms. The normalized spacial score (nSPS) is 16.7. The number of amidine groups is 1. The summed E-state index contributed by atoms with van der Waals surface area (Å²) in [5.74, 6) is 0.147. The second kappa shape index (κ2) is 6.75. The smallest absolute Gasteiger partial charge is 0.257 e. The van der Waals surface area contributed by atoms with Gasteiger partial charge in [-0.05, 0) is 42.1 Å². The van der Waals surface area contributed by atoms with Crippen LogP contribution in [0, 0.1) is 0 Å². The number of carbonyl (C=O) groups excluding carboxylic acids is 1. The monoisotopic (exact) mass is 425 g/mol. The molecule has 0 radical (unpaired) electrons. The van der Waals surface area contributed by atoms with Gasteiger partial charge in [0, 0.05) is 29.3 Å². The molecule has 0 bridgehead atoms. The number of para-hydroxylation sites is 1. The van der Waals surface area contributed by atoms with Crippen LogP contribution >= 0.6 is 11.8 Å². The highest BCUT2D eigenvalue weighted by Crippen LogP contribution is 2.42. The third-order valence-corrected chi connectivity index (χ3v) is 6.89. The van der Waals surface area contributed by atoms with Crippen molar-refractivity contribution in [3.05, 3.63) is 66.4 Å². The van der Waals surface area contributed by atoms with Gasteiger partial charge in [-0.25, -0.2) is 13.1 Å². The first kappa shape index (κ1) is 18.0. The number of amides is 1. The number of nitrogens with zero attached hydrogens (tertiary/aromatic N) is 4. The Morgan fingerprint density at radius 2 is 1.93 bits per heavy atom. The van der Waals surface area contributed by atoms with E-state index in [0.29, 0.717) is 23.1 Å². The fourth-order valence-corrected chi connectivity index (χ4v) is 5.47. The molecule has 1 aromatic heterocycles. The summed E-state index contributed by atoms with van der Waals surface area (Å²) in [6, 6.07) is 16.6. The van der Waals surface area contributed by atoms with E-state index in [9.17, 15) is 13.2 Å². The van der Waals surface area contributed by atoms with E-state index in [2.05, 4.69) is 14.8 Å². The van der Waals surface area contributed by atoms with Gasteiger partial charge in [-0.1, -0.05) is 18.2 Å². The van der Waals surface area contributed by atoms with Crippen LogP contribution in [-0.2, 0) is 10.0 Å². The Morgan fingerprint density at radius 1 is 1.10 bits per heavy atom. The maximum absolute atomic E-state index is 12.7. The van der Waals surface area contributed by atoms with Crippen molar-refractivity contribution in [2.24, 2.45) is 4.40 Å². The molecule has 10 heteroatoms. The van der Waals surface area contributed by atoms with E-state index >= 15 is 0 Å². The largest absolute Gasteiger partial charge is 0.318 e. The number of fused-ring (bicyclic) bond motifs is 3. The molecular weight excluding hydrogens is 410 g/mol. The molecule has 0 saturated carbocycles. The Bertz CT molecular complexity index is 1250. The third kappa shape index (κ3) is 3.40. The molecule has 146 valence electrons. The summed E-state index contributed by atoms with van der Waals surface area (Å²) in [4.78, 5) is 15.3. The summed E-state index contributed by atoms with van der Waals surface area (Å²) in [5.41, 5.74) is 2.23. The number of nitrogens with one attached hydrogen (secondary N) is 1. The molecule has 2 aliphatic rings. The predicted molar refractivity (Wildman–Crippen MR) is 112 cm³/mol. The second-order valence-corrected chi connectivity index (χ2v) is 9.30. The number of hydrogen-bond donors (Lipinski definition) is 1. The van der Waals surface area contributed by atoms with Gasteiger partial charge in [-0.3, -0.25) is 4.79 Å². The van der Waals surface area contributed by atoms with Crippen molar-refractivity contribution in [2.75, 3.05) is 22.5 Å². The van der Waals surface area contributed by atoms with E-state index in [1.165, 1.54) is 11.8 Å². The first-order chi connectivity index (χ1) is 14.0. The Labute approximate surface area is 171 Å². The first-order valence-corrected chi connectivity index (χ1v) is 11.3. The zero-order valence-electron chi connectivity index (χ0n) is 15.0. The predicted octanol–water partition coefficient (Wildman–Crippen LogP) is 2.74. The highest BCUT2D eigenvalue weighted by Gasteiger charge is 2.33. The number of benzene rings is 2. The van der Waals surface area contributed by atoms with Gasteiger partial charge in [0.1, 0.15) is 0 Å². The lowest BCUT2D eigenvalue weighted by Gasteiger charge is -2.22. The van der Waals surface area contributed by atoms with Crippen molar-refractivity contribution in [3.8, 4) is 5.69 Å². The van der Waals surface area contributed by atoms with Gasteiger partial charge in [0.15, 0.2) is 11.0 Å². The van der Waals surface area contributed by atoms with Crippen LogP contribution in [-0.4, -0.2) is 41.6 Å². The van der Waals surface area contributed by atoms with Gasteiger partial charge in [-0.2, -0.15) is 5.10 Å². The number of anilines is 2. The van der Waals surface area contributed by atoms with Crippen LogP contribution in [0.4, 0.5) is 11.5 Å². The second-order valence-electron chi connectivity index (χ2n) is 6.53. The minimum atomic E-state index is -3.41. The van der Waals surface area contributed by atoms with E-state index in [0.717, 1.165) is 16.3 Å². The van der Waals surface area contributed by atoms with Gasteiger partial charge in [0.2, 0.25) is 0 Å². The van der Waals surface area contributed by atoms with Crippen LogP contribution in [0.15, 0.2) is 70.1 Å². The van der Waals surface area contributed by atoms with Crippen LogP contribution in [0.1, 0.15) is 10.4 Å². The summed E-state index contributed by atoms with van der Waals surface area (Å²) >= 11 is 1.26. The summed E-state index contributed by atoms with van der Waals surface area (Å²) in [6.45, 7) is 0.365. The molecule has 3 aromatic rings.